The van der Waals surface area contributed by atoms with Crippen LogP contribution in [-0.2, 0) is 0 Å². The van der Waals surface area contributed by atoms with Crippen LogP contribution in [-0.4, -0.2) is 27.0 Å². The molecule has 1 aliphatic rings. The van der Waals surface area contributed by atoms with Gasteiger partial charge in [-0.15, -0.1) is 0 Å². The summed E-state index contributed by atoms with van der Waals surface area (Å²) in [6.45, 7) is 3.80. The molecule has 1 aliphatic carbocycles. The second-order valence-corrected chi connectivity index (χ2v) is 8.64. The zero-order chi connectivity index (χ0) is 23.8. The number of carboxylic acids is 1. The molecule has 1 saturated carbocycles. The van der Waals surface area contributed by atoms with Crippen molar-refractivity contribution in [2.75, 3.05) is 5.32 Å². The first-order valence-electron chi connectivity index (χ1n) is 10.9. The monoisotopic (exact) mass is 450 g/mol. The van der Waals surface area contributed by atoms with Crippen LogP contribution in [0.1, 0.15) is 77.4 Å². The molecule has 33 heavy (non-hydrogen) atoms. The average molecular weight is 450 g/mol. The summed E-state index contributed by atoms with van der Waals surface area (Å²) in [6.07, 6.45) is 0.0472. The number of rotatable bonds is 5. The van der Waals surface area contributed by atoms with E-state index < -0.39 is 11.9 Å². The Morgan fingerprint density at radius 3 is 2.61 bits per heavy atom. The summed E-state index contributed by atoms with van der Waals surface area (Å²) in [5, 5.41) is 22.4. The molecule has 0 spiro atoms. The van der Waals surface area contributed by atoms with E-state index in [2.05, 4.69) is 16.4 Å². The highest BCUT2D eigenvalue weighted by atomic mass is 19.3. The van der Waals surface area contributed by atoms with Gasteiger partial charge in [0.25, 0.3) is 0 Å². The summed E-state index contributed by atoms with van der Waals surface area (Å²) in [5.74, 6) is -3.96. The van der Waals surface area contributed by atoms with Crippen LogP contribution >= 0.6 is 0 Å². The van der Waals surface area contributed by atoms with E-state index in [9.17, 15) is 23.9 Å². The van der Waals surface area contributed by atoms with E-state index >= 15 is 0 Å². The van der Waals surface area contributed by atoms with E-state index in [1.807, 2.05) is 26.0 Å². The standard InChI is InChI=1S/C25H24F2N4O2/c1-14-11-18(15(2)29-19-6-4-3-5-17(19)24(32)33)23-20(12-14)30-21(13-28)22(31-23)16-7-9-25(26,27)10-8-16/h3-6,11-12,15-16,29H,7-10H2,1-2H3,(H,32,33)/t15-/m1/s1. The summed E-state index contributed by atoms with van der Waals surface area (Å²) in [5.41, 5.74) is 4.11. The van der Waals surface area contributed by atoms with Crippen LogP contribution in [0.4, 0.5) is 14.5 Å². The molecule has 4 rings (SSSR count). The van der Waals surface area contributed by atoms with Gasteiger partial charge in [-0.1, -0.05) is 18.2 Å². The summed E-state index contributed by atoms with van der Waals surface area (Å²) in [6, 6.07) is 12.2. The fourth-order valence-corrected chi connectivity index (χ4v) is 4.46. The lowest BCUT2D eigenvalue weighted by atomic mass is 9.84. The maximum Gasteiger partial charge on any atom is 0.337 e. The first kappa shape index (κ1) is 22.6. The van der Waals surface area contributed by atoms with E-state index in [0.29, 0.717) is 22.4 Å². The number of aryl methyl sites for hydroxylation is 1. The van der Waals surface area contributed by atoms with Gasteiger partial charge >= 0.3 is 5.97 Å². The lowest BCUT2D eigenvalue weighted by Crippen LogP contribution is -2.24. The van der Waals surface area contributed by atoms with Gasteiger partial charge in [0, 0.05) is 30.0 Å². The number of carboxylic acid groups (broad SMARTS) is 1. The topological polar surface area (TPSA) is 98.9 Å². The maximum absolute atomic E-state index is 13.7. The van der Waals surface area contributed by atoms with Crippen LogP contribution in [0.3, 0.4) is 0 Å². The highest BCUT2D eigenvalue weighted by molar-refractivity contribution is 5.94. The number of nitrogens with zero attached hydrogens (tertiary/aromatic N) is 3. The molecule has 1 aromatic heterocycles. The lowest BCUT2D eigenvalue weighted by Gasteiger charge is -2.28. The van der Waals surface area contributed by atoms with Crippen molar-refractivity contribution >= 4 is 22.7 Å². The molecule has 1 fully saturated rings. The molecule has 2 aromatic carbocycles. The number of aromatic carboxylic acids is 1. The van der Waals surface area contributed by atoms with Crippen LogP contribution in [0.15, 0.2) is 36.4 Å². The van der Waals surface area contributed by atoms with Gasteiger partial charge in [-0.3, -0.25) is 0 Å². The Kier molecular flexibility index (Phi) is 5.98. The largest absolute Gasteiger partial charge is 0.478 e. The van der Waals surface area contributed by atoms with Gasteiger partial charge in [-0.05, 0) is 50.5 Å². The first-order chi connectivity index (χ1) is 15.7. The predicted molar refractivity (Wildman–Crippen MR) is 121 cm³/mol. The minimum Gasteiger partial charge on any atom is -0.478 e. The number of nitriles is 1. The Morgan fingerprint density at radius 1 is 1.24 bits per heavy atom. The van der Waals surface area contributed by atoms with E-state index in [0.717, 1.165) is 11.1 Å². The van der Waals surface area contributed by atoms with Crippen LogP contribution in [0.5, 0.6) is 0 Å². The summed E-state index contributed by atoms with van der Waals surface area (Å²) >= 11 is 0. The molecule has 2 N–H and O–H groups in total. The van der Waals surface area contributed by atoms with Crippen molar-refractivity contribution in [3.05, 3.63) is 64.5 Å². The predicted octanol–water partition coefficient (Wildman–Crippen LogP) is 5.97. The van der Waals surface area contributed by atoms with Gasteiger partial charge in [-0.25, -0.2) is 23.5 Å². The first-order valence-corrected chi connectivity index (χ1v) is 10.9. The van der Waals surface area contributed by atoms with E-state index in [1.165, 1.54) is 6.07 Å². The molecule has 0 bridgehead atoms. The molecule has 8 heteroatoms. The van der Waals surface area contributed by atoms with Gasteiger partial charge in [0.1, 0.15) is 6.07 Å². The number of carbonyl (C=O) groups is 1. The molecule has 0 saturated heterocycles. The lowest BCUT2D eigenvalue weighted by molar-refractivity contribution is -0.0385. The Bertz CT molecular complexity index is 1260. The quantitative estimate of drug-likeness (QED) is 0.497. The number of halogens is 2. The van der Waals surface area contributed by atoms with Crippen molar-refractivity contribution in [1.29, 1.82) is 5.26 Å². The van der Waals surface area contributed by atoms with Gasteiger partial charge < -0.3 is 10.4 Å². The van der Waals surface area contributed by atoms with Gasteiger partial charge in [0.05, 0.1) is 28.3 Å². The normalized spacial score (nSPS) is 16.8. The van der Waals surface area contributed by atoms with E-state index in [4.69, 9.17) is 4.98 Å². The second-order valence-electron chi connectivity index (χ2n) is 8.64. The van der Waals surface area contributed by atoms with Crippen molar-refractivity contribution in [3.8, 4) is 6.07 Å². The third-order valence-corrected chi connectivity index (χ3v) is 6.18. The molecule has 0 amide bonds. The average Bonchev–Trinajstić information content (AvgIpc) is 2.78. The minimum absolute atomic E-state index is 0.156. The van der Waals surface area contributed by atoms with Crippen LogP contribution in [0, 0.1) is 18.3 Å². The second kappa shape index (κ2) is 8.74. The highest BCUT2D eigenvalue weighted by Crippen LogP contribution is 2.41. The molecular formula is C25H24F2N4O2. The maximum atomic E-state index is 13.7. The van der Waals surface area contributed by atoms with Gasteiger partial charge in [0.15, 0.2) is 5.69 Å². The van der Waals surface area contributed by atoms with Crippen molar-refractivity contribution in [2.45, 2.75) is 57.4 Å². The zero-order valence-electron chi connectivity index (χ0n) is 18.4. The smallest absolute Gasteiger partial charge is 0.337 e. The van der Waals surface area contributed by atoms with Gasteiger partial charge in [-0.2, -0.15) is 5.26 Å². The third-order valence-electron chi connectivity index (χ3n) is 6.18. The molecule has 0 unspecified atom stereocenters. The number of hydrogen-bond donors (Lipinski definition) is 2. The number of hydrogen-bond acceptors (Lipinski definition) is 5. The number of anilines is 1. The fourth-order valence-electron chi connectivity index (χ4n) is 4.46. The molecule has 3 aromatic rings. The Hall–Kier alpha value is -3.60. The fraction of sp³-hybridized carbons (Fsp3) is 0.360. The Morgan fingerprint density at radius 2 is 1.94 bits per heavy atom. The number of aromatic nitrogens is 2. The summed E-state index contributed by atoms with van der Waals surface area (Å²) in [7, 11) is 0. The number of fused-ring (bicyclic) bond motifs is 1. The Balaban J connectivity index is 1.77. The van der Waals surface area contributed by atoms with Crippen LogP contribution in [0.2, 0.25) is 0 Å². The SMILES string of the molecule is Cc1cc([C@@H](C)Nc2ccccc2C(=O)O)c2nc(C3CCC(F)(F)CC3)c(C#N)nc2c1. The van der Waals surface area contributed by atoms with Crippen molar-refractivity contribution < 1.29 is 18.7 Å². The third kappa shape index (κ3) is 4.63. The number of alkyl halides is 2. The molecule has 0 aliphatic heterocycles. The molecule has 6 nitrogen and oxygen atoms in total. The summed E-state index contributed by atoms with van der Waals surface area (Å²) < 4.78 is 27.4. The van der Waals surface area contributed by atoms with Crippen LogP contribution < -0.4 is 5.32 Å². The molecule has 1 atom stereocenters. The van der Waals surface area contributed by atoms with E-state index in [1.54, 1.807) is 18.2 Å². The molecule has 170 valence electrons. The number of nitrogens with one attached hydrogen (secondary N) is 1. The van der Waals surface area contributed by atoms with Crippen molar-refractivity contribution in [3.63, 3.8) is 0 Å². The minimum atomic E-state index is -2.67. The molecular weight excluding hydrogens is 426 g/mol. The summed E-state index contributed by atoms with van der Waals surface area (Å²) in [4.78, 5) is 20.9. The van der Waals surface area contributed by atoms with Crippen LogP contribution in [0.25, 0.3) is 11.0 Å². The molecule has 1 heterocycles. The number of para-hydroxylation sites is 1. The number of benzene rings is 2. The van der Waals surface area contributed by atoms with Gasteiger partial charge in [0.2, 0.25) is 5.92 Å². The highest BCUT2D eigenvalue weighted by Gasteiger charge is 2.37. The Labute approximate surface area is 190 Å². The van der Waals surface area contributed by atoms with E-state index in [-0.39, 0.29) is 48.9 Å². The molecule has 0 radical (unpaired) electrons. The van der Waals surface area contributed by atoms with Crippen molar-refractivity contribution in [1.82, 2.24) is 9.97 Å². The van der Waals surface area contributed by atoms with Crippen molar-refractivity contribution in [2.24, 2.45) is 0 Å². The zero-order valence-corrected chi connectivity index (χ0v) is 18.4.